The summed E-state index contributed by atoms with van der Waals surface area (Å²) in [6.45, 7) is 3.46. The average molecular weight is 321 g/mol. The predicted molar refractivity (Wildman–Crippen MR) is 94.7 cm³/mol. The minimum absolute atomic E-state index is 0.162. The van der Waals surface area contributed by atoms with Crippen molar-refractivity contribution in [3.05, 3.63) is 59.8 Å². The first-order valence-corrected chi connectivity index (χ1v) is 8.83. The van der Waals surface area contributed by atoms with E-state index in [1.54, 1.807) is 0 Å². The Labute approximate surface area is 143 Å². The molecule has 0 aliphatic carbocycles. The number of hydrogen-bond acceptors (Lipinski definition) is 3. The zero-order valence-corrected chi connectivity index (χ0v) is 13.9. The second kappa shape index (κ2) is 6.63. The molecule has 0 unspecified atom stereocenters. The first kappa shape index (κ1) is 15.2. The quantitative estimate of drug-likeness (QED) is 0.853. The topological polar surface area (TPSA) is 36.4 Å². The van der Waals surface area contributed by atoms with Crippen LogP contribution in [-0.2, 0) is 17.8 Å². The molecule has 1 aromatic carbocycles. The van der Waals surface area contributed by atoms with Crippen molar-refractivity contribution in [2.24, 2.45) is 5.92 Å². The van der Waals surface area contributed by atoms with E-state index >= 15 is 0 Å². The number of aromatic nitrogens is 1. The summed E-state index contributed by atoms with van der Waals surface area (Å²) in [5.74, 6) is 1.52. The summed E-state index contributed by atoms with van der Waals surface area (Å²) >= 11 is 0. The van der Waals surface area contributed by atoms with Crippen LogP contribution in [0.4, 0.5) is 5.82 Å². The van der Waals surface area contributed by atoms with Crippen molar-refractivity contribution in [3.63, 3.8) is 0 Å². The Hall–Kier alpha value is -2.36. The molecule has 2 aliphatic heterocycles. The third-order valence-corrected chi connectivity index (χ3v) is 5.26. The highest BCUT2D eigenvalue weighted by Crippen LogP contribution is 2.26. The molecule has 4 rings (SSSR count). The van der Waals surface area contributed by atoms with E-state index in [0.717, 1.165) is 51.3 Å². The lowest BCUT2D eigenvalue weighted by Gasteiger charge is -2.36. The minimum atomic E-state index is 0.162. The Morgan fingerprint density at radius 1 is 0.958 bits per heavy atom. The molecule has 2 aliphatic rings. The molecule has 0 bridgehead atoms. The monoisotopic (exact) mass is 321 g/mol. The fourth-order valence-electron chi connectivity index (χ4n) is 3.84. The Balaban J connectivity index is 1.37. The summed E-state index contributed by atoms with van der Waals surface area (Å²) < 4.78 is 0. The van der Waals surface area contributed by atoms with Crippen molar-refractivity contribution in [2.45, 2.75) is 25.8 Å². The zero-order valence-electron chi connectivity index (χ0n) is 13.9. The van der Waals surface area contributed by atoms with Crippen molar-refractivity contribution in [1.82, 2.24) is 9.88 Å². The first-order valence-electron chi connectivity index (χ1n) is 8.83. The van der Waals surface area contributed by atoms with Gasteiger partial charge < -0.3 is 9.80 Å². The number of carbonyl (C=O) groups is 1. The van der Waals surface area contributed by atoms with Crippen LogP contribution in [0, 0.1) is 5.92 Å². The van der Waals surface area contributed by atoms with Gasteiger partial charge in [0.25, 0.3) is 0 Å². The van der Waals surface area contributed by atoms with Crippen molar-refractivity contribution in [1.29, 1.82) is 0 Å². The summed E-state index contributed by atoms with van der Waals surface area (Å²) in [6.07, 6.45) is 4.66. The van der Waals surface area contributed by atoms with Gasteiger partial charge in [0, 0.05) is 38.3 Å². The normalized spacial score (nSPS) is 18.3. The highest BCUT2D eigenvalue weighted by molar-refractivity contribution is 5.79. The molecule has 1 saturated heterocycles. The van der Waals surface area contributed by atoms with E-state index in [0.29, 0.717) is 5.91 Å². The number of piperidine rings is 1. The lowest BCUT2D eigenvalue weighted by molar-refractivity contribution is -0.137. The van der Waals surface area contributed by atoms with E-state index in [4.69, 9.17) is 0 Å². The lowest BCUT2D eigenvalue weighted by atomic mass is 9.93. The predicted octanol–water partition coefficient (Wildman–Crippen LogP) is 2.88. The number of carbonyl (C=O) groups excluding carboxylic acids is 1. The molecular weight excluding hydrogens is 298 g/mol. The molecule has 0 N–H and O–H groups in total. The first-order chi connectivity index (χ1) is 11.8. The number of fused-ring (bicyclic) bond motifs is 1. The smallest absolute Gasteiger partial charge is 0.226 e. The van der Waals surface area contributed by atoms with E-state index in [1.807, 2.05) is 24.4 Å². The fraction of sp³-hybridized carbons (Fsp3) is 0.400. The van der Waals surface area contributed by atoms with E-state index in [1.165, 1.54) is 11.1 Å². The van der Waals surface area contributed by atoms with Crippen molar-refractivity contribution in [3.8, 4) is 0 Å². The lowest BCUT2D eigenvalue weighted by Crippen LogP contribution is -2.44. The molecule has 124 valence electrons. The maximum atomic E-state index is 12.9. The summed E-state index contributed by atoms with van der Waals surface area (Å²) in [5.41, 5.74) is 2.70. The molecule has 0 saturated carbocycles. The molecule has 1 fully saturated rings. The Bertz CT molecular complexity index is 708. The van der Waals surface area contributed by atoms with E-state index in [9.17, 15) is 4.79 Å². The summed E-state index contributed by atoms with van der Waals surface area (Å²) in [7, 11) is 0. The summed E-state index contributed by atoms with van der Waals surface area (Å²) in [5, 5.41) is 0. The summed E-state index contributed by atoms with van der Waals surface area (Å²) in [4.78, 5) is 21.7. The molecule has 4 heteroatoms. The van der Waals surface area contributed by atoms with Crippen LogP contribution in [-0.4, -0.2) is 35.4 Å². The van der Waals surface area contributed by atoms with Crippen LogP contribution in [0.15, 0.2) is 48.7 Å². The number of hydrogen-bond donors (Lipinski definition) is 0. The summed E-state index contributed by atoms with van der Waals surface area (Å²) in [6, 6.07) is 14.5. The third kappa shape index (κ3) is 3.01. The average Bonchev–Trinajstić information content (AvgIpc) is 2.68. The number of rotatable bonds is 2. The van der Waals surface area contributed by atoms with Crippen LogP contribution in [0.2, 0.25) is 0 Å². The van der Waals surface area contributed by atoms with Crippen LogP contribution in [0.5, 0.6) is 0 Å². The third-order valence-electron chi connectivity index (χ3n) is 5.26. The molecule has 1 aromatic heterocycles. The van der Waals surface area contributed by atoms with Gasteiger partial charge in [-0.15, -0.1) is 0 Å². The van der Waals surface area contributed by atoms with Crippen LogP contribution >= 0.6 is 0 Å². The molecule has 0 radical (unpaired) electrons. The van der Waals surface area contributed by atoms with Crippen LogP contribution in [0.3, 0.4) is 0 Å². The van der Waals surface area contributed by atoms with Gasteiger partial charge in [0.15, 0.2) is 0 Å². The highest BCUT2D eigenvalue weighted by Gasteiger charge is 2.30. The standard InChI is InChI=1S/C20H23N3O/c24-20(23-14-8-16-5-1-2-6-18(16)15-23)17-9-12-22(13-10-17)19-7-3-4-11-21-19/h1-7,11,17H,8-10,12-15H2. The molecular formula is C20H23N3O. The molecule has 2 aromatic rings. The molecule has 0 spiro atoms. The van der Waals surface area contributed by atoms with Gasteiger partial charge in [-0.3, -0.25) is 4.79 Å². The zero-order chi connectivity index (χ0) is 16.4. The molecule has 0 atom stereocenters. The van der Waals surface area contributed by atoms with Crippen LogP contribution in [0.1, 0.15) is 24.0 Å². The highest BCUT2D eigenvalue weighted by atomic mass is 16.2. The maximum Gasteiger partial charge on any atom is 0.226 e. The Morgan fingerprint density at radius 3 is 2.46 bits per heavy atom. The van der Waals surface area contributed by atoms with Crippen LogP contribution < -0.4 is 4.90 Å². The molecule has 1 amide bonds. The number of pyridine rings is 1. The van der Waals surface area contributed by atoms with Crippen molar-refractivity contribution in [2.75, 3.05) is 24.5 Å². The van der Waals surface area contributed by atoms with Gasteiger partial charge in [-0.25, -0.2) is 4.98 Å². The van der Waals surface area contributed by atoms with Crippen molar-refractivity contribution < 1.29 is 4.79 Å². The number of benzene rings is 1. The number of amides is 1. The molecule has 24 heavy (non-hydrogen) atoms. The molecule has 4 nitrogen and oxygen atoms in total. The van der Waals surface area contributed by atoms with E-state index in [2.05, 4.69) is 39.0 Å². The van der Waals surface area contributed by atoms with Gasteiger partial charge in [0.2, 0.25) is 5.91 Å². The van der Waals surface area contributed by atoms with Gasteiger partial charge in [0.05, 0.1) is 0 Å². The maximum absolute atomic E-state index is 12.9. The van der Waals surface area contributed by atoms with Gasteiger partial charge >= 0.3 is 0 Å². The van der Waals surface area contributed by atoms with Gasteiger partial charge in [-0.05, 0) is 42.5 Å². The largest absolute Gasteiger partial charge is 0.357 e. The number of anilines is 1. The van der Waals surface area contributed by atoms with Crippen LogP contribution in [0.25, 0.3) is 0 Å². The minimum Gasteiger partial charge on any atom is -0.357 e. The second-order valence-electron chi connectivity index (χ2n) is 6.73. The van der Waals surface area contributed by atoms with Gasteiger partial charge in [-0.1, -0.05) is 30.3 Å². The second-order valence-corrected chi connectivity index (χ2v) is 6.73. The molecule has 3 heterocycles. The Morgan fingerprint density at radius 2 is 1.71 bits per heavy atom. The Kier molecular flexibility index (Phi) is 4.20. The van der Waals surface area contributed by atoms with Gasteiger partial charge in [-0.2, -0.15) is 0 Å². The van der Waals surface area contributed by atoms with Gasteiger partial charge in [0.1, 0.15) is 5.82 Å². The van der Waals surface area contributed by atoms with E-state index < -0.39 is 0 Å². The van der Waals surface area contributed by atoms with Crippen molar-refractivity contribution >= 4 is 11.7 Å². The fourth-order valence-corrected chi connectivity index (χ4v) is 3.84. The SMILES string of the molecule is O=C(C1CCN(c2ccccn2)CC1)N1CCc2ccccc2C1. The van der Waals surface area contributed by atoms with E-state index in [-0.39, 0.29) is 5.92 Å². The number of nitrogens with zero attached hydrogens (tertiary/aromatic N) is 3.